The molecule has 2 rings (SSSR count). The van der Waals surface area contributed by atoms with Gasteiger partial charge in [-0.1, -0.05) is 24.3 Å². The van der Waals surface area contributed by atoms with Gasteiger partial charge in [-0.25, -0.2) is 0 Å². The van der Waals surface area contributed by atoms with Crippen LogP contribution in [0.1, 0.15) is 11.1 Å². The van der Waals surface area contributed by atoms with Crippen molar-refractivity contribution in [3.63, 3.8) is 0 Å². The van der Waals surface area contributed by atoms with E-state index in [2.05, 4.69) is 0 Å². The summed E-state index contributed by atoms with van der Waals surface area (Å²) in [5.74, 6) is -0.974. The highest BCUT2D eigenvalue weighted by molar-refractivity contribution is 5.79. The fraction of sp³-hybridized carbons (Fsp3) is 0.222. The minimum atomic E-state index is -0.951. The third kappa shape index (κ3) is 4.04. The zero-order valence-electron chi connectivity index (χ0n) is 13.4. The second-order valence-corrected chi connectivity index (χ2v) is 5.22. The third-order valence-electron chi connectivity index (χ3n) is 3.49. The maximum atomic E-state index is 11.0. The van der Waals surface area contributed by atoms with Gasteiger partial charge in [0, 0.05) is 5.56 Å². The van der Waals surface area contributed by atoms with Crippen LogP contribution in [-0.4, -0.2) is 36.4 Å². The molecule has 0 aromatic heterocycles. The predicted octanol–water partition coefficient (Wildman–Crippen LogP) is 2.63. The lowest BCUT2D eigenvalue weighted by atomic mass is 9.97. The fourth-order valence-corrected chi connectivity index (χ4v) is 2.54. The molecule has 0 saturated heterocycles. The van der Waals surface area contributed by atoms with Crippen LogP contribution in [0.2, 0.25) is 0 Å². The molecule has 0 spiro atoms. The molecule has 2 aromatic rings. The highest BCUT2D eigenvalue weighted by atomic mass is 16.5. The Bertz CT molecular complexity index is 766. The van der Waals surface area contributed by atoms with Gasteiger partial charge in [-0.15, -0.1) is 0 Å². The van der Waals surface area contributed by atoms with Gasteiger partial charge in [0.1, 0.15) is 0 Å². The second-order valence-electron chi connectivity index (χ2n) is 5.22. The normalized spacial score (nSPS) is 10.2. The standard InChI is InChI=1S/C18H18O6/c1-23-15-8-12(10-17(21)22)7-14(18(15)24-2)13-5-3-4-11(6-13)9-16(19)20/h3-8H,9-10H2,1-2H3,(H,19,20)(H,21,22). The monoisotopic (exact) mass is 330 g/mol. The van der Waals surface area contributed by atoms with E-state index in [1.54, 1.807) is 30.3 Å². The Morgan fingerprint density at radius 3 is 2.17 bits per heavy atom. The van der Waals surface area contributed by atoms with Gasteiger partial charge < -0.3 is 19.7 Å². The van der Waals surface area contributed by atoms with Crippen molar-refractivity contribution in [3.8, 4) is 22.6 Å². The van der Waals surface area contributed by atoms with Crippen LogP contribution in [0, 0.1) is 0 Å². The van der Waals surface area contributed by atoms with Crippen LogP contribution in [0.3, 0.4) is 0 Å². The molecule has 24 heavy (non-hydrogen) atoms. The maximum absolute atomic E-state index is 11.0. The van der Waals surface area contributed by atoms with Crippen molar-refractivity contribution in [2.75, 3.05) is 14.2 Å². The van der Waals surface area contributed by atoms with Gasteiger partial charge in [-0.05, 0) is 28.8 Å². The van der Waals surface area contributed by atoms with Crippen molar-refractivity contribution in [1.82, 2.24) is 0 Å². The zero-order chi connectivity index (χ0) is 17.7. The molecule has 0 amide bonds. The van der Waals surface area contributed by atoms with Gasteiger partial charge in [0.25, 0.3) is 0 Å². The van der Waals surface area contributed by atoms with Gasteiger partial charge in [0.05, 0.1) is 27.1 Å². The summed E-state index contributed by atoms with van der Waals surface area (Å²) in [5, 5.41) is 18.0. The van der Waals surface area contributed by atoms with E-state index in [0.717, 1.165) is 5.56 Å². The first kappa shape index (κ1) is 17.3. The summed E-state index contributed by atoms with van der Waals surface area (Å²) in [6.45, 7) is 0. The molecule has 0 heterocycles. The minimum Gasteiger partial charge on any atom is -0.493 e. The van der Waals surface area contributed by atoms with Gasteiger partial charge >= 0.3 is 11.9 Å². The first-order chi connectivity index (χ1) is 11.4. The van der Waals surface area contributed by atoms with Gasteiger partial charge in [0.2, 0.25) is 0 Å². The Morgan fingerprint density at radius 1 is 0.917 bits per heavy atom. The van der Waals surface area contributed by atoms with Crippen LogP contribution in [-0.2, 0) is 22.4 Å². The topological polar surface area (TPSA) is 93.1 Å². The Labute approximate surface area is 139 Å². The fourth-order valence-electron chi connectivity index (χ4n) is 2.54. The lowest BCUT2D eigenvalue weighted by molar-refractivity contribution is -0.137. The molecule has 6 heteroatoms. The van der Waals surface area contributed by atoms with Crippen LogP contribution >= 0.6 is 0 Å². The van der Waals surface area contributed by atoms with E-state index in [0.29, 0.717) is 28.2 Å². The van der Waals surface area contributed by atoms with E-state index in [4.69, 9.17) is 19.7 Å². The smallest absolute Gasteiger partial charge is 0.307 e. The van der Waals surface area contributed by atoms with E-state index in [1.807, 2.05) is 6.07 Å². The summed E-state index contributed by atoms with van der Waals surface area (Å²) in [7, 11) is 2.98. The van der Waals surface area contributed by atoms with E-state index in [-0.39, 0.29) is 12.8 Å². The summed E-state index contributed by atoms with van der Waals surface area (Å²) in [5.41, 5.74) is 2.60. The highest BCUT2D eigenvalue weighted by Crippen LogP contribution is 2.39. The summed E-state index contributed by atoms with van der Waals surface area (Å²) >= 11 is 0. The quantitative estimate of drug-likeness (QED) is 0.810. The third-order valence-corrected chi connectivity index (χ3v) is 3.49. The summed E-state index contributed by atoms with van der Waals surface area (Å²) in [6.07, 6.45) is -0.246. The molecule has 0 aliphatic carbocycles. The number of rotatable bonds is 7. The molecule has 0 bridgehead atoms. The number of aliphatic carboxylic acids is 2. The van der Waals surface area contributed by atoms with Crippen molar-refractivity contribution in [1.29, 1.82) is 0 Å². The van der Waals surface area contributed by atoms with Crippen LogP contribution in [0.5, 0.6) is 11.5 Å². The average Bonchev–Trinajstić information content (AvgIpc) is 2.53. The molecule has 0 saturated carbocycles. The largest absolute Gasteiger partial charge is 0.493 e. The first-order valence-corrected chi connectivity index (χ1v) is 7.22. The van der Waals surface area contributed by atoms with Crippen LogP contribution in [0.25, 0.3) is 11.1 Å². The molecular formula is C18H18O6. The number of carboxylic acid groups (broad SMARTS) is 2. The number of methoxy groups -OCH3 is 2. The Balaban J connectivity index is 2.58. The number of ether oxygens (including phenoxy) is 2. The second kappa shape index (κ2) is 7.50. The molecular weight excluding hydrogens is 312 g/mol. The summed E-state index contributed by atoms with van der Waals surface area (Å²) < 4.78 is 10.7. The van der Waals surface area contributed by atoms with E-state index in [9.17, 15) is 9.59 Å². The van der Waals surface area contributed by atoms with Crippen molar-refractivity contribution >= 4 is 11.9 Å². The summed E-state index contributed by atoms with van der Waals surface area (Å²) in [6, 6.07) is 10.4. The van der Waals surface area contributed by atoms with Crippen LogP contribution in [0.15, 0.2) is 36.4 Å². The zero-order valence-corrected chi connectivity index (χ0v) is 13.4. The number of benzene rings is 2. The Hall–Kier alpha value is -3.02. The van der Waals surface area contributed by atoms with E-state index >= 15 is 0 Å². The number of carboxylic acids is 2. The van der Waals surface area contributed by atoms with Gasteiger partial charge in [-0.3, -0.25) is 9.59 Å². The number of carbonyl (C=O) groups is 2. The molecule has 0 unspecified atom stereocenters. The molecule has 0 aliphatic heterocycles. The lowest BCUT2D eigenvalue weighted by Gasteiger charge is -2.15. The first-order valence-electron chi connectivity index (χ1n) is 7.22. The molecule has 0 atom stereocenters. The number of hydrogen-bond donors (Lipinski definition) is 2. The van der Waals surface area contributed by atoms with Crippen molar-refractivity contribution < 1.29 is 29.3 Å². The lowest BCUT2D eigenvalue weighted by Crippen LogP contribution is -2.03. The molecule has 2 aromatic carbocycles. The molecule has 0 fully saturated rings. The average molecular weight is 330 g/mol. The predicted molar refractivity (Wildman–Crippen MR) is 87.7 cm³/mol. The van der Waals surface area contributed by atoms with Crippen molar-refractivity contribution in [2.45, 2.75) is 12.8 Å². The molecule has 2 N–H and O–H groups in total. The summed E-state index contributed by atoms with van der Waals surface area (Å²) in [4.78, 5) is 21.9. The maximum Gasteiger partial charge on any atom is 0.307 e. The number of hydrogen-bond acceptors (Lipinski definition) is 4. The van der Waals surface area contributed by atoms with E-state index < -0.39 is 11.9 Å². The van der Waals surface area contributed by atoms with Gasteiger partial charge in [-0.2, -0.15) is 0 Å². The molecule has 0 radical (unpaired) electrons. The minimum absolute atomic E-state index is 0.0951. The Morgan fingerprint density at radius 2 is 1.58 bits per heavy atom. The molecule has 126 valence electrons. The van der Waals surface area contributed by atoms with Crippen molar-refractivity contribution in [3.05, 3.63) is 47.5 Å². The van der Waals surface area contributed by atoms with Crippen LogP contribution < -0.4 is 9.47 Å². The molecule has 6 nitrogen and oxygen atoms in total. The SMILES string of the molecule is COc1cc(CC(=O)O)cc(-c2cccc(CC(=O)O)c2)c1OC. The van der Waals surface area contributed by atoms with Crippen molar-refractivity contribution in [2.24, 2.45) is 0 Å². The van der Waals surface area contributed by atoms with E-state index in [1.165, 1.54) is 14.2 Å². The molecule has 0 aliphatic rings. The highest BCUT2D eigenvalue weighted by Gasteiger charge is 2.16. The Kier molecular flexibility index (Phi) is 5.42. The van der Waals surface area contributed by atoms with Gasteiger partial charge in [0.15, 0.2) is 11.5 Å². The van der Waals surface area contributed by atoms with Crippen LogP contribution in [0.4, 0.5) is 0 Å².